The summed E-state index contributed by atoms with van der Waals surface area (Å²) in [6.07, 6.45) is 16.9. The van der Waals surface area contributed by atoms with E-state index in [1.807, 2.05) is 0 Å². The van der Waals surface area contributed by atoms with E-state index in [0.717, 1.165) is 0 Å². The van der Waals surface area contributed by atoms with Crippen LogP contribution in [0.2, 0.25) is 12.1 Å². The Balaban J connectivity index is 3.10. The summed E-state index contributed by atoms with van der Waals surface area (Å²) in [6, 6.07) is 2.76. The van der Waals surface area contributed by atoms with Gasteiger partial charge in [0.2, 0.25) is 0 Å². The number of rotatable bonds is 14. The van der Waals surface area contributed by atoms with Crippen LogP contribution in [0.15, 0.2) is 0 Å². The molecular weight excluding hydrogens is 256 g/mol. The standard InChI is InChI=1S/C16H35ClSi/c1-3-5-7-9-11-13-15-18(17)16-14-12-10-8-6-4-2/h18H,3-16H2,1-2H3. The lowest BCUT2D eigenvalue weighted by Gasteiger charge is -2.07. The zero-order chi connectivity index (χ0) is 13.5. The largest absolute Gasteiger partial charge is 0.172 e. The second-order valence-electron chi connectivity index (χ2n) is 5.71. The first-order chi connectivity index (χ1) is 8.81. The highest BCUT2D eigenvalue weighted by Gasteiger charge is 2.06. The first kappa shape index (κ1) is 18.5. The Morgan fingerprint density at radius 2 is 0.889 bits per heavy atom. The van der Waals surface area contributed by atoms with Crippen molar-refractivity contribution in [2.75, 3.05) is 0 Å². The van der Waals surface area contributed by atoms with Crippen LogP contribution < -0.4 is 0 Å². The Morgan fingerprint density at radius 1 is 0.556 bits per heavy atom. The molecule has 0 atom stereocenters. The summed E-state index contributed by atoms with van der Waals surface area (Å²) in [7, 11) is -0.848. The minimum Gasteiger partial charge on any atom is -0.172 e. The minimum absolute atomic E-state index is 0.848. The molecule has 0 saturated heterocycles. The monoisotopic (exact) mass is 290 g/mol. The van der Waals surface area contributed by atoms with Crippen LogP contribution in [-0.4, -0.2) is 8.11 Å². The average molecular weight is 291 g/mol. The van der Waals surface area contributed by atoms with E-state index in [9.17, 15) is 0 Å². The molecule has 0 radical (unpaired) electrons. The Labute approximate surface area is 122 Å². The molecular formula is C16H35ClSi. The predicted molar refractivity (Wildman–Crippen MR) is 89.4 cm³/mol. The lowest BCUT2D eigenvalue weighted by Crippen LogP contribution is -2.02. The highest BCUT2D eigenvalue weighted by atomic mass is 35.6. The van der Waals surface area contributed by atoms with Gasteiger partial charge in [-0.3, -0.25) is 0 Å². The fourth-order valence-electron chi connectivity index (χ4n) is 2.44. The van der Waals surface area contributed by atoms with E-state index in [1.165, 1.54) is 89.1 Å². The fraction of sp³-hybridized carbons (Fsp3) is 1.00. The number of hydrogen-bond acceptors (Lipinski definition) is 0. The van der Waals surface area contributed by atoms with Gasteiger partial charge in [-0.1, -0.05) is 90.9 Å². The maximum Gasteiger partial charge on any atom is 0.141 e. The van der Waals surface area contributed by atoms with Gasteiger partial charge in [0.1, 0.15) is 8.11 Å². The van der Waals surface area contributed by atoms with Gasteiger partial charge in [0.15, 0.2) is 0 Å². The van der Waals surface area contributed by atoms with Crippen molar-refractivity contribution in [2.45, 2.75) is 103 Å². The van der Waals surface area contributed by atoms with Gasteiger partial charge in [0.05, 0.1) is 0 Å². The molecule has 0 amide bonds. The molecule has 0 saturated carbocycles. The molecule has 0 aromatic rings. The molecule has 0 aromatic carbocycles. The van der Waals surface area contributed by atoms with Crippen molar-refractivity contribution in [2.24, 2.45) is 0 Å². The van der Waals surface area contributed by atoms with E-state index in [2.05, 4.69) is 13.8 Å². The van der Waals surface area contributed by atoms with Crippen LogP contribution in [0.1, 0.15) is 90.9 Å². The normalized spacial score (nSPS) is 11.3. The molecule has 0 N–H and O–H groups in total. The Hall–Kier alpha value is 0.507. The van der Waals surface area contributed by atoms with Crippen LogP contribution in [0, 0.1) is 0 Å². The molecule has 2 heteroatoms. The zero-order valence-electron chi connectivity index (χ0n) is 12.9. The maximum absolute atomic E-state index is 6.50. The molecule has 0 heterocycles. The first-order valence-corrected chi connectivity index (χ1v) is 11.8. The highest BCUT2D eigenvalue weighted by molar-refractivity contribution is 7.06. The quantitative estimate of drug-likeness (QED) is 0.190. The summed E-state index contributed by atoms with van der Waals surface area (Å²) in [5.41, 5.74) is 0. The Kier molecular flexibility index (Phi) is 16.0. The molecule has 0 unspecified atom stereocenters. The van der Waals surface area contributed by atoms with E-state index >= 15 is 0 Å². The topological polar surface area (TPSA) is 0 Å². The van der Waals surface area contributed by atoms with Crippen molar-refractivity contribution in [1.82, 2.24) is 0 Å². The van der Waals surface area contributed by atoms with Gasteiger partial charge in [0.25, 0.3) is 0 Å². The molecule has 0 fully saturated rings. The number of halogens is 1. The molecule has 110 valence electrons. The maximum atomic E-state index is 6.50. The number of unbranched alkanes of at least 4 members (excludes halogenated alkanes) is 10. The van der Waals surface area contributed by atoms with Gasteiger partial charge < -0.3 is 0 Å². The summed E-state index contributed by atoms with van der Waals surface area (Å²) < 4.78 is 0. The predicted octanol–water partition coefficient (Wildman–Crippen LogP) is 6.67. The van der Waals surface area contributed by atoms with Gasteiger partial charge in [-0.15, -0.1) is 0 Å². The molecule has 0 nitrogen and oxygen atoms in total. The second-order valence-corrected chi connectivity index (χ2v) is 9.91. The van der Waals surface area contributed by atoms with E-state index in [-0.39, 0.29) is 0 Å². The van der Waals surface area contributed by atoms with Crippen molar-refractivity contribution in [3.63, 3.8) is 0 Å². The van der Waals surface area contributed by atoms with Gasteiger partial charge >= 0.3 is 0 Å². The summed E-state index contributed by atoms with van der Waals surface area (Å²) >= 11 is 6.50. The smallest absolute Gasteiger partial charge is 0.141 e. The van der Waals surface area contributed by atoms with Gasteiger partial charge in [0, 0.05) is 0 Å². The van der Waals surface area contributed by atoms with Crippen LogP contribution in [0.25, 0.3) is 0 Å². The van der Waals surface area contributed by atoms with E-state index in [1.54, 1.807) is 0 Å². The molecule has 0 spiro atoms. The molecule has 0 aromatic heterocycles. The molecule has 0 aliphatic rings. The zero-order valence-corrected chi connectivity index (χ0v) is 14.8. The third kappa shape index (κ3) is 14.6. The molecule has 0 bridgehead atoms. The van der Waals surface area contributed by atoms with Gasteiger partial charge in [-0.05, 0) is 12.1 Å². The molecule has 18 heavy (non-hydrogen) atoms. The third-order valence-corrected chi connectivity index (χ3v) is 7.12. The Bertz CT molecular complexity index is 134. The lowest BCUT2D eigenvalue weighted by atomic mass is 10.1. The van der Waals surface area contributed by atoms with Gasteiger partial charge in [-0.25, -0.2) is 0 Å². The molecule has 0 rings (SSSR count). The SMILES string of the molecule is CCCCCCCC[SiH](Cl)CCCCCCCC. The van der Waals surface area contributed by atoms with Crippen molar-refractivity contribution in [1.29, 1.82) is 0 Å². The first-order valence-electron chi connectivity index (χ1n) is 8.45. The van der Waals surface area contributed by atoms with Crippen LogP contribution >= 0.6 is 11.1 Å². The van der Waals surface area contributed by atoms with Crippen molar-refractivity contribution < 1.29 is 0 Å². The second kappa shape index (κ2) is 15.6. The van der Waals surface area contributed by atoms with Crippen molar-refractivity contribution in [3.05, 3.63) is 0 Å². The lowest BCUT2D eigenvalue weighted by molar-refractivity contribution is 0.618. The van der Waals surface area contributed by atoms with Crippen molar-refractivity contribution in [3.8, 4) is 0 Å². The summed E-state index contributed by atoms with van der Waals surface area (Å²) in [5, 5.41) is 0. The van der Waals surface area contributed by atoms with E-state index < -0.39 is 8.11 Å². The van der Waals surface area contributed by atoms with E-state index in [0.29, 0.717) is 0 Å². The van der Waals surface area contributed by atoms with Crippen molar-refractivity contribution >= 4 is 19.2 Å². The van der Waals surface area contributed by atoms with Crippen LogP contribution in [0.3, 0.4) is 0 Å². The Morgan fingerprint density at radius 3 is 1.28 bits per heavy atom. The van der Waals surface area contributed by atoms with E-state index in [4.69, 9.17) is 11.1 Å². The molecule has 0 aliphatic heterocycles. The summed E-state index contributed by atoms with van der Waals surface area (Å²) in [6.45, 7) is 4.56. The van der Waals surface area contributed by atoms with Crippen LogP contribution in [0.4, 0.5) is 0 Å². The third-order valence-electron chi connectivity index (χ3n) is 3.74. The van der Waals surface area contributed by atoms with Crippen LogP contribution in [-0.2, 0) is 0 Å². The van der Waals surface area contributed by atoms with Gasteiger partial charge in [-0.2, -0.15) is 11.1 Å². The summed E-state index contributed by atoms with van der Waals surface area (Å²) in [4.78, 5) is 0. The van der Waals surface area contributed by atoms with Crippen LogP contribution in [0.5, 0.6) is 0 Å². The summed E-state index contributed by atoms with van der Waals surface area (Å²) in [5.74, 6) is 0. The highest BCUT2D eigenvalue weighted by Crippen LogP contribution is 2.16. The minimum atomic E-state index is -0.848. The fourth-order valence-corrected chi connectivity index (χ4v) is 5.11. The number of hydrogen-bond donors (Lipinski definition) is 0. The average Bonchev–Trinajstić information content (AvgIpc) is 2.38. The molecule has 0 aliphatic carbocycles.